The number of fused-ring (bicyclic) bond motifs is 1. The number of nitrogens with one attached hydrogen (secondary N) is 1. The van der Waals surface area contributed by atoms with Gasteiger partial charge in [0.25, 0.3) is 0 Å². The lowest BCUT2D eigenvalue weighted by Gasteiger charge is -2.35. The van der Waals surface area contributed by atoms with Crippen molar-refractivity contribution in [3.05, 3.63) is 59.9 Å². The second-order valence-electron chi connectivity index (χ2n) is 11.1. The van der Waals surface area contributed by atoms with Crippen LogP contribution in [-0.2, 0) is 24.2 Å². The van der Waals surface area contributed by atoms with Gasteiger partial charge >= 0.3 is 6.09 Å². The first-order valence-electron chi connectivity index (χ1n) is 14.0. The Morgan fingerprint density at radius 2 is 1.90 bits per heavy atom. The molecule has 0 unspecified atom stereocenters. The summed E-state index contributed by atoms with van der Waals surface area (Å²) in [5, 5.41) is 4.43. The van der Waals surface area contributed by atoms with Gasteiger partial charge in [-0.3, -0.25) is 14.6 Å². The second-order valence-corrected chi connectivity index (χ2v) is 11.1. The molecule has 1 aliphatic rings. The van der Waals surface area contributed by atoms with Crippen molar-refractivity contribution < 1.29 is 14.3 Å². The number of pyridine rings is 1. The molecule has 1 aromatic carbocycles. The summed E-state index contributed by atoms with van der Waals surface area (Å²) in [6, 6.07) is 8.31. The van der Waals surface area contributed by atoms with Crippen molar-refractivity contribution in [2.45, 2.75) is 59.7 Å². The summed E-state index contributed by atoms with van der Waals surface area (Å²) in [5.74, 6) is 1.61. The first-order valence-corrected chi connectivity index (χ1v) is 14.0. The van der Waals surface area contributed by atoms with Crippen molar-refractivity contribution in [1.29, 1.82) is 0 Å². The molecular weight excluding hydrogens is 506 g/mol. The van der Waals surface area contributed by atoms with Crippen LogP contribution in [-0.4, -0.2) is 79.0 Å². The van der Waals surface area contributed by atoms with E-state index in [1.54, 1.807) is 4.90 Å². The average Bonchev–Trinajstić information content (AvgIpc) is 3.56. The molecule has 40 heavy (non-hydrogen) atoms. The monoisotopic (exact) mass is 545 g/mol. The quantitative estimate of drug-likeness (QED) is 0.337. The van der Waals surface area contributed by atoms with E-state index in [1.165, 1.54) is 5.56 Å². The van der Waals surface area contributed by atoms with Crippen molar-refractivity contribution in [2.75, 3.05) is 32.8 Å². The summed E-state index contributed by atoms with van der Waals surface area (Å²) in [4.78, 5) is 29.5. The van der Waals surface area contributed by atoms with Gasteiger partial charge in [0.15, 0.2) is 5.75 Å². The number of amides is 1. The predicted octanol–water partition coefficient (Wildman–Crippen LogP) is 4.88. The number of aryl methyl sites for hydroxylation is 1. The van der Waals surface area contributed by atoms with Crippen LogP contribution in [0.1, 0.15) is 51.7 Å². The van der Waals surface area contributed by atoms with Crippen molar-refractivity contribution >= 4 is 17.1 Å². The zero-order valence-corrected chi connectivity index (χ0v) is 24.1. The minimum atomic E-state index is -0.479. The highest BCUT2D eigenvalue weighted by Crippen LogP contribution is 2.36. The number of carbonyl (C=O) groups excluding carboxylic acids is 1. The molecule has 1 saturated heterocycles. The number of carbonyl (C=O) groups is 1. The molecule has 1 N–H and O–H groups in total. The van der Waals surface area contributed by atoms with Crippen molar-refractivity contribution in [2.24, 2.45) is 0 Å². The molecule has 5 rings (SSSR count). The SMILES string of the molecule is CCOc1c(-c2cnn(CC)c2)ccc2[nH]c(Cc3cc(CN4CCN(C(=O)OC(C)(C)C)CC4)ccn3)nc12. The molecule has 1 aliphatic heterocycles. The highest BCUT2D eigenvalue weighted by molar-refractivity contribution is 5.90. The molecule has 0 atom stereocenters. The van der Waals surface area contributed by atoms with Crippen LogP contribution in [0.4, 0.5) is 4.79 Å². The number of nitrogens with zero attached hydrogens (tertiary/aromatic N) is 6. The van der Waals surface area contributed by atoms with Crippen LogP contribution in [0.15, 0.2) is 42.9 Å². The van der Waals surface area contributed by atoms with E-state index >= 15 is 0 Å². The lowest BCUT2D eigenvalue weighted by atomic mass is 10.1. The van der Waals surface area contributed by atoms with Crippen LogP contribution in [0, 0.1) is 0 Å². The molecule has 1 fully saturated rings. The molecule has 3 aromatic heterocycles. The van der Waals surface area contributed by atoms with Gasteiger partial charge in [0.05, 0.1) is 18.3 Å². The van der Waals surface area contributed by atoms with Gasteiger partial charge in [-0.2, -0.15) is 5.10 Å². The Morgan fingerprint density at radius 3 is 2.60 bits per heavy atom. The Hall–Kier alpha value is -3.92. The maximum Gasteiger partial charge on any atom is 0.410 e. The fourth-order valence-electron chi connectivity index (χ4n) is 4.95. The lowest BCUT2D eigenvalue weighted by molar-refractivity contribution is 0.0139. The summed E-state index contributed by atoms with van der Waals surface area (Å²) in [6.45, 7) is 14.8. The number of piperazine rings is 1. The Bertz CT molecular complexity index is 1460. The van der Waals surface area contributed by atoms with Crippen molar-refractivity contribution in [3.63, 3.8) is 0 Å². The third-order valence-corrected chi connectivity index (χ3v) is 6.87. The number of ether oxygens (including phenoxy) is 2. The van der Waals surface area contributed by atoms with Gasteiger partial charge in [-0.1, -0.05) is 0 Å². The summed E-state index contributed by atoms with van der Waals surface area (Å²) in [5.41, 5.74) is 5.41. The summed E-state index contributed by atoms with van der Waals surface area (Å²) in [7, 11) is 0. The van der Waals surface area contributed by atoms with Crippen LogP contribution in [0.25, 0.3) is 22.2 Å². The van der Waals surface area contributed by atoms with Gasteiger partial charge in [0.2, 0.25) is 0 Å². The number of H-pyrrole nitrogens is 1. The van der Waals surface area contributed by atoms with E-state index in [0.717, 1.165) is 65.6 Å². The van der Waals surface area contributed by atoms with Crippen LogP contribution in [0.2, 0.25) is 0 Å². The highest BCUT2D eigenvalue weighted by Gasteiger charge is 2.26. The first kappa shape index (κ1) is 27.6. The van der Waals surface area contributed by atoms with Crippen LogP contribution < -0.4 is 4.74 Å². The molecule has 0 radical (unpaired) electrons. The topological polar surface area (TPSA) is 101 Å². The molecular formula is C30H39N7O3. The number of aromatic amines is 1. The molecule has 0 spiro atoms. The molecule has 0 bridgehead atoms. The minimum Gasteiger partial charge on any atom is -0.491 e. The largest absolute Gasteiger partial charge is 0.491 e. The zero-order chi connectivity index (χ0) is 28.3. The Kier molecular flexibility index (Phi) is 8.07. The van der Waals surface area contributed by atoms with E-state index in [-0.39, 0.29) is 6.09 Å². The molecule has 4 heterocycles. The van der Waals surface area contributed by atoms with Crippen molar-refractivity contribution in [1.82, 2.24) is 34.5 Å². The first-order chi connectivity index (χ1) is 19.2. The van der Waals surface area contributed by atoms with E-state index < -0.39 is 5.60 Å². The molecule has 10 nitrogen and oxygen atoms in total. The second kappa shape index (κ2) is 11.7. The zero-order valence-electron chi connectivity index (χ0n) is 24.1. The molecule has 4 aromatic rings. The number of hydrogen-bond acceptors (Lipinski definition) is 7. The summed E-state index contributed by atoms with van der Waals surface area (Å²) >= 11 is 0. The predicted molar refractivity (Wildman–Crippen MR) is 154 cm³/mol. The van der Waals surface area contributed by atoms with Crippen LogP contribution >= 0.6 is 0 Å². The van der Waals surface area contributed by atoms with Gasteiger partial charge in [0.1, 0.15) is 16.9 Å². The van der Waals surface area contributed by atoms with Gasteiger partial charge in [-0.25, -0.2) is 9.78 Å². The number of aromatic nitrogens is 5. The molecule has 0 aliphatic carbocycles. The summed E-state index contributed by atoms with van der Waals surface area (Å²) in [6.07, 6.45) is 6.11. The Balaban J connectivity index is 1.27. The fourth-order valence-corrected chi connectivity index (χ4v) is 4.95. The third kappa shape index (κ3) is 6.44. The van der Waals surface area contributed by atoms with Gasteiger partial charge < -0.3 is 19.4 Å². The highest BCUT2D eigenvalue weighted by atomic mass is 16.6. The van der Waals surface area contributed by atoms with Crippen molar-refractivity contribution in [3.8, 4) is 16.9 Å². The Labute approximate surface area is 235 Å². The van der Waals surface area contributed by atoms with Crippen LogP contribution in [0.5, 0.6) is 5.75 Å². The number of rotatable bonds is 8. The standard InChI is InChI=1S/C30H39N7O3/c1-6-37-20-22(18-32-37)24-8-9-25-27(28(24)39-7-2)34-26(33-25)17-23-16-21(10-11-31-23)19-35-12-14-36(15-13-35)29(38)40-30(3,4)5/h8-11,16,18,20H,6-7,12-15,17,19H2,1-5H3,(H,33,34). The summed E-state index contributed by atoms with van der Waals surface area (Å²) < 4.78 is 13.5. The van der Waals surface area contributed by atoms with Gasteiger partial charge in [-0.05, 0) is 64.4 Å². The normalized spacial score (nSPS) is 14.6. The van der Waals surface area contributed by atoms with Gasteiger partial charge in [-0.15, -0.1) is 0 Å². The molecule has 10 heteroatoms. The molecule has 1 amide bonds. The van der Waals surface area contributed by atoms with E-state index in [0.29, 0.717) is 26.1 Å². The van der Waals surface area contributed by atoms with Crippen LogP contribution in [0.3, 0.4) is 0 Å². The van der Waals surface area contributed by atoms with E-state index in [4.69, 9.17) is 14.5 Å². The smallest absolute Gasteiger partial charge is 0.410 e. The van der Waals surface area contributed by atoms with E-state index in [9.17, 15) is 4.79 Å². The fraction of sp³-hybridized carbons (Fsp3) is 0.467. The Morgan fingerprint density at radius 1 is 1.10 bits per heavy atom. The average molecular weight is 546 g/mol. The number of imidazole rings is 1. The third-order valence-electron chi connectivity index (χ3n) is 6.87. The molecule has 212 valence electrons. The number of hydrogen-bond donors (Lipinski definition) is 1. The maximum atomic E-state index is 12.4. The van der Waals surface area contributed by atoms with E-state index in [2.05, 4.69) is 45.1 Å². The van der Waals surface area contributed by atoms with Gasteiger partial charge in [0, 0.05) is 74.9 Å². The number of benzene rings is 1. The maximum absolute atomic E-state index is 12.4. The molecule has 0 saturated carbocycles. The minimum absolute atomic E-state index is 0.236. The lowest BCUT2D eigenvalue weighted by Crippen LogP contribution is -2.49. The van der Waals surface area contributed by atoms with E-state index in [1.807, 2.05) is 57.0 Å².